The molecule has 0 spiro atoms. The Morgan fingerprint density at radius 2 is 2.05 bits per heavy atom. The number of hydrogen-bond acceptors (Lipinski definition) is 3. The largest absolute Gasteiger partial charge is 0.508 e. The zero-order chi connectivity index (χ0) is 13.8. The van der Waals surface area contributed by atoms with Gasteiger partial charge in [0, 0.05) is 15.8 Å². The molecule has 0 aliphatic rings. The number of nitrogens with one attached hydrogen (secondary N) is 1. The van der Waals surface area contributed by atoms with Crippen LogP contribution in [0.5, 0.6) is 5.75 Å². The van der Waals surface area contributed by atoms with Gasteiger partial charge >= 0.3 is 0 Å². The fourth-order valence-corrected chi connectivity index (χ4v) is 1.93. The summed E-state index contributed by atoms with van der Waals surface area (Å²) in [6.45, 7) is 0. The van der Waals surface area contributed by atoms with E-state index in [1.165, 1.54) is 0 Å². The third-order valence-electron chi connectivity index (χ3n) is 2.56. The summed E-state index contributed by atoms with van der Waals surface area (Å²) in [5, 5.41) is 12.1. The molecule has 4 N–H and O–H groups in total. The first-order valence-corrected chi connectivity index (χ1v) is 6.46. The van der Waals surface area contributed by atoms with Crippen molar-refractivity contribution in [1.82, 2.24) is 0 Å². The van der Waals surface area contributed by atoms with Crippen LogP contribution < -0.4 is 11.1 Å². The van der Waals surface area contributed by atoms with Crippen LogP contribution in [0.1, 0.15) is 5.56 Å². The quantitative estimate of drug-likeness (QED) is 0.761. The van der Waals surface area contributed by atoms with Gasteiger partial charge in [0.2, 0.25) is 5.91 Å². The molecule has 0 bridgehead atoms. The number of nitrogen functional groups attached to an aromatic ring is 1. The number of phenolic OH excluding ortho intramolecular Hbond substituents is 1. The molecule has 0 atom stereocenters. The molecule has 98 valence electrons. The van der Waals surface area contributed by atoms with Crippen molar-refractivity contribution in [1.29, 1.82) is 0 Å². The van der Waals surface area contributed by atoms with E-state index in [4.69, 9.17) is 5.73 Å². The number of rotatable bonds is 3. The number of halogens is 1. The van der Waals surface area contributed by atoms with E-state index < -0.39 is 0 Å². The maximum Gasteiger partial charge on any atom is 0.228 e. The first kappa shape index (κ1) is 13.4. The summed E-state index contributed by atoms with van der Waals surface area (Å²) in [6.07, 6.45) is 0.199. The topological polar surface area (TPSA) is 75.3 Å². The van der Waals surface area contributed by atoms with Crippen molar-refractivity contribution in [2.45, 2.75) is 6.42 Å². The second-order valence-electron chi connectivity index (χ2n) is 4.13. The number of carbonyl (C=O) groups is 1. The first-order valence-electron chi connectivity index (χ1n) is 5.67. The van der Waals surface area contributed by atoms with E-state index in [-0.39, 0.29) is 18.1 Å². The fourth-order valence-electron chi connectivity index (χ4n) is 1.68. The van der Waals surface area contributed by atoms with Gasteiger partial charge in [0.1, 0.15) is 5.75 Å². The lowest BCUT2D eigenvalue weighted by molar-refractivity contribution is -0.115. The maximum absolute atomic E-state index is 11.8. The number of benzene rings is 2. The van der Waals surface area contributed by atoms with Crippen LogP contribution in [0.2, 0.25) is 0 Å². The minimum Gasteiger partial charge on any atom is -0.508 e. The maximum atomic E-state index is 11.8. The second kappa shape index (κ2) is 5.75. The Kier molecular flexibility index (Phi) is 4.06. The van der Waals surface area contributed by atoms with Crippen LogP contribution in [0.25, 0.3) is 0 Å². The number of aromatic hydroxyl groups is 1. The minimum absolute atomic E-state index is 0.151. The fraction of sp³-hybridized carbons (Fsp3) is 0.0714. The average Bonchev–Trinajstić information content (AvgIpc) is 2.34. The van der Waals surface area contributed by atoms with Crippen molar-refractivity contribution in [3.8, 4) is 5.75 Å². The predicted octanol–water partition coefficient (Wildman–Crippen LogP) is 2.92. The number of carbonyl (C=O) groups excluding carboxylic acids is 1. The molecule has 2 aromatic rings. The smallest absolute Gasteiger partial charge is 0.228 e. The molecule has 5 heteroatoms. The lowest BCUT2D eigenvalue weighted by atomic mass is 10.1. The van der Waals surface area contributed by atoms with Gasteiger partial charge in [-0.05, 0) is 51.8 Å². The molecule has 0 heterocycles. The van der Waals surface area contributed by atoms with Crippen LogP contribution in [0, 0.1) is 0 Å². The Labute approximate surface area is 119 Å². The molecule has 19 heavy (non-hydrogen) atoms. The average molecular weight is 321 g/mol. The normalized spacial score (nSPS) is 10.2. The summed E-state index contributed by atoms with van der Waals surface area (Å²) in [4.78, 5) is 11.8. The van der Waals surface area contributed by atoms with Crippen LogP contribution in [-0.4, -0.2) is 11.0 Å². The van der Waals surface area contributed by atoms with Gasteiger partial charge in [-0.25, -0.2) is 0 Å². The standard InChI is InChI=1S/C14H13BrN2O2/c15-12-5-4-10(8-13(12)16)17-14(19)7-9-2-1-3-11(18)6-9/h1-6,8,18H,7,16H2,(H,17,19). The Balaban J connectivity index is 2.03. The first-order chi connectivity index (χ1) is 9.04. The van der Waals surface area contributed by atoms with Gasteiger partial charge in [0.05, 0.1) is 6.42 Å². The van der Waals surface area contributed by atoms with Gasteiger partial charge in [0.25, 0.3) is 0 Å². The summed E-state index contributed by atoms with van der Waals surface area (Å²) in [7, 11) is 0. The molecule has 4 nitrogen and oxygen atoms in total. The van der Waals surface area contributed by atoms with Crippen molar-refractivity contribution in [3.63, 3.8) is 0 Å². The molecule has 0 saturated heterocycles. The number of nitrogens with two attached hydrogens (primary N) is 1. The lowest BCUT2D eigenvalue weighted by Crippen LogP contribution is -2.14. The number of phenols is 1. The van der Waals surface area contributed by atoms with Crippen LogP contribution in [0.4, 0.5) is 11.4 Å². The summed E-state index contributed by atoms with van der Waals surface area (Å²) in [6, 6.07) is 11.8. The molecular weight excluding hydrogens is 308 g/mol. The van der Waals surface area contributed by atoms with Gasteiger partial charge in [-0.1, -0.05) is 12.1 Å². The van der Waals surface area contributed by atoms with Crippen LogP contribution >= 0.6 is 15.9 Å². The molecule has 0 aromatic heterocycles. The van der Waals surface area contributed by atoms with E-state index in [1.54, 1.807) is 42.5 Å². The minimum atomic E-state index is -0.160. The van der Waals surface area contributed by atoms with Gasteiger partial charge < -0.3 is 16.2 Å². The molecule has 0 aliphatic heterocycles. The third-order valence-corrected chi connectivity index (χ3v) is 3.28. The van der Waals surface area contributed by atoms with E-state index in [0.717, 1.165) is 10.0 Å². The van der Waals surface area contributed by atoms with E-state index in [1.807, 2.05) is 0 Å². The van der Waals surface area contributed by atoms with E-state index in [0.29, 0.717) is 11.4 Å². The van der Waals surface area contributed by atoms with Crippen molar-refractivity contribution in [2.24, 2.45) is 0 Å². The van der Waals surface area contributed by atoms with Crippen molar-refractivity contribution >= 4 is 33.2 Å². The van der Waals surface area contributed by atoms with Gasteiger partial charge in [-0.2, -0.15) is 0 Å². The monoisotopic (exact) mass is 320 g/mol. The lowest BCUT2D eigenvalue weighted by Gasteiger charge is -2.07. The molecule has 2 rings (SSSR count). The van der Waals surface area contributed by atoms with Gasteiger partial charge in [0.15, 0.2) is 0 Å². The number of hydrogen-bond donors (Lipinski definition) is 3. The summed E-state index contributed by atoms with van der Waals surface area (Å²) >= 11 is 3.29. The molecular formula is C14H13BrN2O2. The zero-order valence-corrected chi connectivity index (χ0v) is 11.6. The molecule has 0 radical (unpaired) electrons. The number of anilines is 2. The van der Waals surface area contributed by atoms with Gasteiger partial charge in [-0.15, -0.1) is 0 Å². The third kappa shape index (κ3) is 3.72. The van der Waals surface area contributed by atoms with Crippen molar-refractivity contribution in [2.75, 3.05) is 11.1 Å². The highest BCUT2D eigenvalue weighted by molar-refractivity contribution is 9.10. The zero-order valence-electron chi connectivity index (χ0n) is 10.1. The van der Waals surface area contributed by atoms with Crippen LogP contribution in [0.15, 0.2) is 46.9 Å². The highest BCUT2D eigenvalue weighted by Gasteiger charge is 2.06. The Morgan fingerprint density at radius 3 is 2.74 bits per heavy atom. The highest BCUT2D eigenvalue weighted by atomic mass is 79.9. The Hall–Kier alpha value is -2.01. The van der Waals surface area contributed by atoms with Crippen LogP contribution in [-0.2, 0) is 11.2 Å². The molecule has 0 aliphatic carbocycles. The molecule has 2 aromatic carbocycles. The molecule has 0 fully saturated rings. The summed E-state index contributed by atoms with van der Waals surface area (Å²) in [5.74, 6) is -0.00879. The number of amides is 1. The highest BCUT2D eigenvalue weighted by Crippen LogP contribution is 2.23. The summed E-state index contributed by atoms with van der Waals surface area (Å²) in [5.41, 5.74) is 7.70. The van der Waals surface area contributed by atoms with Crippen molar-refractivity contribution in [3.05, 3.63) is 52.5 Å². The SMILES string of the molecule is Nc1cc(NC(=O)Cc2cccc(O)c2)ccc1Br. The van der Waals surface area contributed by atoms with Crippen molar-refractivity contribution < 1.29 is 9.90 Å². The summed E-state index contributed by atoms with van der Waals surface area (Å²) < 4.78 is 0.790. The predicted molar refractivity (Wildman–Crippen MR) is 79.0 cm³/mol. The van der Waals surface area contributed by atoms with E-state index in [9.17, 15) is 9.90 Å². The Morgan fingerprint density at radius 1 is 1.26 bits per heavy atom. The van der Waals surface area contributed by atoms with E-state index >= 15 is 0 Å². The molecule has 0 unspecified atom stereocenters. The molecule has 0 saturated carbocycles. The van der Waals surface area contributed by atoms with Crippen LogP contribution in [0.3, 0.4) is 0 Å². The second-order valence-corrected chi connectivity index (χ2v) is 4.99. The van der Waals surface area contributed by atoms with Gasteiger partial charge in [-0.3, -0.25) is 4.79 Å². The Bertz CT molecular complexity index is 614. The molecule has 1 amide bonds. The van der Waals surface area contributed by atoms with E-state index in [2.05, 4.69) is 21.2 Å².